The van der Waals surface area contributed by atoms with Gasteiger partial charge in [0.15, 0.2) is 0 Å². The van der Waals surface area contributed by atoms with Crippen LogP contribution in [-0.4, -0.2) is 60.5 Å². The quantitative estimate of drug-likeness (QED) is 0.848. The zero-order chi connectivity index (χ0) is 19.4. The molecule has 1 N–H and O–H groups in total. The number of halogens is 1. The molecular weight excluding hydrogens is 364 g/mol. The van der Waals surface area contributed by atoms with Crippen molar-refractivity contribution in [1.29, 1.82) is 0 Å². The van der Waals surface area contributed by atoms with Gasteiger partial charge in [0.2, 0.25) is 0 Å². The van der Waals surface area contributed by atoms with Crippen LogP contribution in [-0.2, 0) is 0 Å². The molecular formula is C20H25ClN4O2. The molecule has 7 heteroatoms. The van der Waals surface area contributed by atoms with E-state index in [-0.39, 0.29) is 5.91 Å². The van der Waals surface area contributed by atoms with Gasteiger partial charge in [-0.25, -0.2) is 4.98 Å². The van der Waals surface area contributed by atoms with E-state index >= 15 is 0 Å². The highest BCUT2D eigenvalue weighted by molar-refractivity contribution is 6.31. The number of hydrogen-bond donors (Lipinski definition) is 1. The van der Waals surface area contributed by atoms with Gasteiger partial charge >= 0.3 is 0 Å². The van der Waals surface area contributed by atoms with Crippen LogP contribution in [0.5, 0.6) is 5.75 Å². The average molecular weight is 389 g/mol. The van der Waals surface area contributed by atoms with Gasteiger partial charge in [0.25, 0.3) is 5.91 Å². The SMILES string of the molecule is CCN1CCN(C(=O)c2ccnc(Nc3cc(C)c(Cl)cc3OC)c2)CC1. The van der Waals surface area contributed by atoms with Crippen molar-refractivity contribution in [1.82, 2.24) is 14.8 Å². The number of ether oxygens (including phenoxy) is 1. The molecule has 0 spiro atoms. The number of likely N-dealkylation sites (N-methyl/N-ethyl adjacent to an activating group) is 1. The van der Waals surface area contributed by atoms with Gasteiger partial charge in [-0.2, -0.15) is 0 Å². The molecule has 1 amide bonds. The second-order valence-corrected chi connectivity index (χ2v) is 6.99. The number of nitrogens with zero attached hydrogens (tertiary/aromatic N) is 3. The first-order valence-corrected chi connectivity index (χ1v) is 9.48. The van der Waals surface area contributed by atoms with Crippen LogP contribution >= 0.6 is 11.6 Å². The summed E-state index contributed by atoms with van der Waals surface area (Å²) in [5.74, 6) is 1.25. The van der Waals surface area contributed by atoms with Crippen molar-refractivity contribution < 1.29 is 9.53 Å². The fourth-order valence-electron chi connectivity index (χ4n) is 3.15. The molecule has 0 radical (unpaired) electrons. The third-order valence-corrected chi connectivity index (χ3v) is 5.26. The van der Waals surface area contributed by atoms with Gasteiger partial charge in [0, 0.05) is 49.0 Å². The monoisotopic (exact) mass is 388 g/mol. The predicted octanol–water partition coefficient (Wildman–Crippen LogP) is 3.57. The number of anilines is 2. The Labute approximate surface area is 165 Å². The highest BCUT2D eigenvalue weighted by Gasteiger charge is 2.21. The van der Waals surface area contributed by atoms with Crippen molar-refractivity contribution in [3.63, 3.8) is 0 Å². The number of methoxy groups -OCH3 is 1. The minimum atomic E-state index is 0.0375. The smallest absolute Gasteiger partial charge is 0.254 e. The Balaban J connectivity index is 1.76. The van der Waals surface area contributed by atoms with Crippen LogP contribution in [0.3, 0.4) is 0 Å². The lowest BCUT2D eigenvalue weighted by Crippen LogP contribution is -2.48. The first kappa shape index (κ1) is 19.5. The summed E-state index contributed by atoms with van der Waals surface area (Å²) >= 11 is 6.16. The lowest BCUT2D eigenvalue weighted by Gasteiger charge is -2.34. The molecule has 3 rings (SSSR count). The maximum atomic E-state index is 12.8. The summed E-state index contributed by atoms with van der Waals surface area (Å²) in [6, 6.07) is 7.20. The summed E-state index contributed by atoms with van der Waals surface area (Å²) < 4.78 is 5.39. The van der Waals surface area contributed by atoms with Crippen molar-refractivity contribution in [2.75, 3.05) is 45.2 Å². The van der Waals surface area contributed by atoms with Gasteiger partial charge < -0.3 is 19.9 Å². The molecule has 6 nitrogen and oxygen atoms in total. The van der Waals surface area contributed by atoms with Gasteiger partial charge in [-0.15, -0.1) is 0 Å². The first-order chi connectivity index (χ1) is 13.0. The molecule has 1 aromatic carbocycles. The van der Waals surface area contributed by atoms with E-state index in [1.54, 1.807) is 31.5 Å². The van der Waals surface area contributed by atoms with E-state index in [0.717, 1.165) is 44.0 Å². The van der Waals surface area contributed by atoms with E-state index in [9.17, 15) is 4.79 Å². The standard InChI is InChI=1S/C20H25ClN4O2/c1-4-24-7-9-25(10-8-24)20(26)15-5-6-22-19(12-15)23-17-11-14(2)16(21)13-18(17)27-3/h5-6,11-13H,4,7-10H2,1-3H3,(H,22,23). The molecule has 2 heterocycles. The number of aryl methyl sites for hydroxylation is 1. The summed E-state index contributed by atoms with van der Waals surface area (Å²) in [7, 11) is 1.59. The molecule has 1 saturated heterocycles. The van der Waals surface area contributed by atoms with Crippen LogP contribution < -0.4 is 10.1 Å². The molecule has 1 aliphatic heterocycles. The van der Waals surface area contributed by atoms with E-state index in [1.165, 1.54) is 0 Å². The Bertz CT molecular complexity index is 820. The van der Waals surface area contributed by atoms with Gasteiger partial charge in [-0.05, 0) is 37.2 Å². The van der Waals surface area contributed by atoms with Crippen LogP contribution in [0.2, 0.25) is 5.02 Å². The van der Waals surface area contributed by atoms with Gasteiger partial charge in [-0.1, -0.05) is 18.5 Å². The fourth-order valence-corrected chi connectivity index (χ4v) is 3.30. The molecule has 0 unspecified atom stereocenters. The zero-order valence-electron chi connectivity index (χ0n) is 16.0. The topological polar surface area (TPSA) is 57.7 Å². The Morgan fingerprint density at radius 3 is 2.67 bits per heavy atom. The lowest BCUT2D eigenvalue weighted by atomic mass is 10.2. The second kappa shape index (κ2) is 8.59. The van der Waals surface area contributed by atoms with Crippen LogP contribution in [0.25, 0.3) is 0 Å². The predicted molar refractivity (Wildman–Crippen MR) is 108 cm³/mol. The number of hydrogen-bond acceptors (Lipinski definition) is 5. The van der Waals surface area contributed by atoms with Gasteiger partial charge in [-0.3, -0.25) is 4.79 Å². The number of pyridine rings is 1. The third kappa shape index (κ3) is 4.51. The molecule has 0 saturated carbocycles. The molecule has 1 fully saturated rings. The highest BCUT2D eigenvalue weighted by Crippen LogP contribution is 2.32. The van der Waals surface area contributed by atoms with Crippen molar-refractivity contribution in [2.45, 2.75) is 13.8 Å². The van der Waals surface area contributed by atoms with Crippen LogP contribution in [0.1, 0.15) is 22.8 Å². The molecule has 2 aromatic rings. The molecule has 27 heavy (non-hydrogen) atoms. The van der Waals surface area contributed by atoms with Gasteiger partial charge in [0.1, 0.15) is 11.6 Å². The molecule has 0 aliphatic carbocycles. The summed E-state index contributed by atoms with van der Waals surface area (Å²) in [6.45, 7) is 8.43. The maximum absolute atomic E-state index is 12.8. The minimum Gasteiger partial charge on any atom is -0.495 e. The Morgan fingerprint density at radius 2 is 2.00 bits per heavy atom. The van der Waals surface area contributed by atoms with Gasteiger partial charge in [0.05, 0.1) is 12.8 Å². The third-order valence-electron chi connectivity index (χ3n) is 4.86. The fraction of sp³-hybridized carbons (Fsp3) is 0.400. The number of nitrogens with one attached hydrogen (secondary N) is 1. The number of piperazine rings is 1. The van der Waals surface area contributed by atoms with Crippen LogP contribution in [0, 0.1) is 6.92 Å². The molecule has 1 aromatic heterocycles. The molecule has 0 bridgehead atoms. The zero-order valence-corrected chi connectivity index (χ0v) is 16.7. The van der Waals surface area contributed by atoms with Crippen molar-refractivity contribution in [3.05, 3.63) is 46.6 Å². The average Bonchev–Trinajstić information content (AvgIpc) is 2.70. The molecule has 144 valence electrons. The van der Waals surface area contributed by atoms with Crippen molar-refractivity contribution >= 4 is 29.0 Å². The summed E-state index contributed by atoms with van der Waals surface area (Å²) in [5, 5.41) is 3.87. The van der Waals surface area contributed by atoms with Crippen LogP contribution in [0.15, 0.2) is 30.5 Å². The van der Waals surface area contributed by atoms with Crippen molar-refractivity contribution in [2.24, 2.45) is 0 Å². The van der Waals surface area contributed by atoms with E-state index in [1.807, 2.05) is 17.9 Å². The first-order valence-electron chi connectivity index (χ1n) is 9.10. The normalized spacial score (nSPS) is 14.9. The number of benzene rings is 1. The number of amides is 1. The lowest BCUT2D eigenvalue weighted by molar-refractivity contribution is 0.0643. The van der Waals surface area contributed by atoms with Crippen molar-refractivity contribution in [3.8, 4) is 5.75 Å². The summed E-state index contributed by atoms with van der Waals surface area (Å²) in [4.78, 5) is 21.4. The Kier molecular flexibility index (Phi) is 6.19. The Hall–Kier alpha value is -2.31. The van der Waals surface area contributed by atoms with Crippen LogP contribution in [0.4, 0.5) is 11.5 Å². The van der Waals surface area contributed by atoms with E-state index < -0.39 is 0 Å². The van der Waals surface area contributed by atoms with E-state index in [2.05, 4.69) is 22.1 Å². The number of carbonyl (C=O) groups excluding carboxylic acids is 1. The highest BCUT2D eigenvalue weighted by atomic mass is 35.5. The summed E-state index contributed by atoms with van der Waals surface area (Å²) in [6.07, 6.45) is 1.65. The van der Waals surface area contributed by atoms with E-state index in [0.29, 0.717) is 22.2 Å². The maximum Gasteiger partial charge on any atom is 0.254 e. The molecule has 0 atom stereocenters. The number of aromatic nitrogens is 1. The Morgan fingerprint density at radius 1 is 1.26 bits per heavy atom. The summed E-state index contributed by atoms with van der Waals surface area (Å²) in [5.41, 5.74) is 2.32. The minimum absolute atomic E-state index is 0.0375. The second-order valence-electron chi connectivity index (χ2n) is 6.58. The largest absolute Gasteiger partial charge is 0.495 e. The number of rotatable bonds is 5. The van der Waals surface area contributed by atoms with E-state index in [4.69, 9.17) is 16.3 Å². The number of carbonyl (C=O) groups is 1. The molecule has 1 aliphatic rings.